The van der Waals surface area contributed by atoms with Crippen LogP contribution in [0.1, 0.15) is 11.1 Å². The lowest BCUT2D eigenvalue weighted by molar-refractivity contribution is -0.113. The van der Waals surface area contributed by atoms with Crippen molar-refractivity contribution in [2.45, 2.75) is 6.61 Å². The second-order valence-electron chi connectivity index (χ2n) is 7.89. The summed E-state index contributed by atoms with van der Waals surface area (Å²) in [6.07, 6.45) is 1.51. The first kappa shape index (κ1) is 23.2. The van der Waals surface area contributed by atoms with E-state index in [-0.39, 0.29) is 22.3 Å². The van der Waals surface area contributed by atoms with E-state index in [1.807, 2.05) is 36.4 Å². The molecule has 0 aromatic heterocycles. The van der Waals surface area contributed by atoms with Crippen molar-refractivity contribution < 1.29 is 14.3 Å². The van der Waals surface area contributed by atoms with Gasteiger partial charge in [0.05, 0.1) is 15.7 Å². The highest BCUT2D eigenvalue weighted by Crippen LogP contribution is 2.36. The standard InChI is InChI=1S/C27H17Cl3N2O3/c28-20-7-9-21(10-8-20)32-26(33)24(31-27(32)34)14-17-12-22(29)25(23(30)13-17)35-15-16-5-6-18-3-1-2-4-19(18)11-16/h1-14H,15H2,(H,31,34)/b24-14+. The van der Waals surface area contributed by atoms with Gasteiger partial charge in [0.15, 0.2) is 5.75 Å². The number of carbonyl (C=O) groups is 2. The zero-order valence-corrected chi connectivity index (χ0v) is 20.4. The summed E-state index contributed by atoms with van der Waals surface area (Å²) in [6, 6.07) is 23.2. The molecule has 1 aliphatic heterocycles. The van der Waals surface area contributed by atoms with Crippen LogP contribution in [-0.2, 0) is 11.4 Å². The first-order valence-electron chi connectivity index (χ1n) is 10.6. The van der Waals surface area contributed by atoms with Gasteiger partial charge in [-0.1, -0.05) is 71.2 Å². The maximum Gasteiger partial charge on any atom is 0.333 e. The highest BCUT2D eigenvalue weighted by atomic mass is 35.5. The van der Waals surface area contributed by atoms with E-state index >= 15 is 0 Å². The minimum absolute atomic E-state index is 0.0990. The van der Waals surface area contributed by atoms with Gasteiger partial charge in [0, 0.05) is 5.02 Å². The van der Waals surface area contributed by atoms with Crippen molar-refractivity contribution in [3.63, 3.8) is 0 Å². The maximum atomic E-state index is 12.8. The Kier molecular flexibility index (Phi) is 6.39. The molecule has 3 amide bonds. The summed E-state index contributed by atoms with van der Waals surface area (Å²) in [4.78, 5) is 26.3. The van der Waals surface area contributed by atoms with Crippen molar-refractivity contribution in [3.8, 4) is 5.75 Å². The van der Waals surface area contributed by atoms with E-state index in [1.165, 1.54) is 6.08 Å². The Morgan fingerprint density at radius 1 is 0.829 bits per heavy atom. The average Bonchev–Trinajstić information content (AvgIpc) is 3.11. The number of hydrogen-bond acceptors (Lipinski definition) is 3. The molecule has 5 rings (SSSR count). The van der Waals surface area contributed by atoms with Crippen LogP contribution in [0.25, 0.3) is 16.8 Å². The molecule has 0 spiro atoms. The van der Waals surface area contributed by atoms with Crippen LogP contribution in [0.3, 0.4) is 0 Å². The molecule has 5 nitrogen and oxygen atoms in total. The Balaban J connectivity index is 1.34. The first-order valence-corrected chi connectivity index (χ1v) is 11.7. The fraction of sp³-hybridized carbons (Fsp3) is 0.0370. The number of fused-ring (bicyclic) bond motifs is 1. The highest BCUT2D eigenvalue weighted by Gasteiger charge is 2.34. The molecule has 1 aliphatic rings. The predicted octanol–water partition coefficient (Wildman–Crippen LogP) is 7.48. The normalized spacial score (nSPS) is 14.6. The predicted molar refractivity (Wildman–Crippen MR) is 140 cm³/mol. The monoisotopic (exact) mass is 522 g/mol. The molecular weight excluding hydrogens is 507 g/mol. The summed E-state index contributed by atoms with van der Waals surface area (Å²) in [5.74, 6) is -0.158. The number of carbonyl (C=O) groups excluding carboxylic acids is 2. The van der Waals surface area contributed by atoms with Crippen LogP contribution in [0.15, 0.2) is 84.6 Å². The fourth-order valence-electron chi connectivity index (χ4n) is 3.81. The van der Waals surface area contributed by atoms with E-state index in [1.54, 1.807) is 36.4 Å². The molecule has 174 valence electrons. The van der Waals surface area contributed by atoms with Gasteiger partial charge >= 0.3 is 6.03 Å². The van der Waals surface area contributed by atoms with Gasteiger partial charge in [0.2, 0.25) is 0 Å². The number of nitrogens with zero attached hydrogens (tertiary/aromatic N) is 1. The number of ether oxygens (including phenoxy) is 1. The molecule has 0 saturated carbocycles. The highest BCUT2D eigenvalue weighted by molar-refractivity contribution is 6.37. The summed E-state index contributed by atoms with van der Waals surface area (Å²) < 4.78 is 5.91. The second-order valence-corrected chi connectivity index (χ2v) is 9.14. The van der Waals surface area contributed by atoms with Gasteiger partial charge in [0.25, 0.3) is 5.91 Å². The molecular formula is C27H17Cl3N2O3. The van der Waals surface area contributed by atoms with Crippen molar-refractivity contribution in [2.75, 3.05) is 4.90 Å². The minimum Gasteiger partial charge on any atom is -0.486 e. The number of rotatable bonds is 5. The quantitative estimate of drug-likeness (QED) is 0.218. The number of anilines is 1. The molecule has 4 aromatic rings. The molecule has 0 unspecified atom stereocenters. The largest absolute Gasteiger partial charge is 0.486 e. The van der Waals surface area contributed by atoms with Crippen LogP contribution in [0, 0.1) is 0 Å². The van der Waals surface area contributed by atoms with Gasteiger partial charge in [0.1, 0.15) is 12.3 Å². The summed E-state index contributed by atoms with van der Waals surface area (Å²) in [5.41, 5.74) is 2.03. The number of urea groups is 1. The van der Waals surface area contributed by atoms with E-state index in [0.717, 1.165) is 21.2 Å². The SMILES string of the molecule is O=C1N/C(=C/c2cc(Cl)c(OCc3ccc4ccccc4c3)c(Cl)c2)C(=O)N1c1ccc(Cl)cc1. The number of hydrogen-bond donors (Lipinski definition) is 1. The smallest absolute Gasteiger partial charge is 0.333 e. The summed E-state index contributed by atoms with van der Waals surface area (Å²) in [7, 11) is 0. The van der Waals surface area contributed by atoms with Gasteiger partial charge in [-0.2, -0.15) is 0 Å². The van der Waals surface area contributed by atoms with Crippen molar-refractivity contribution in [3.05, 3.63) is 111 Å². The molecule has 1 fully saturated rings. The van der Waals surface area contributed by atoms with Gasteiger partial charge in [-0.3, -0.25) is 4.79 Å². The van der Waals surface area contributed by atoms with Crippen LogP contribution < -0.4 is 15.0 Å². The van der Waals surface area contributed by atoms with Crippen molar-refractivity contribution in [2.24, 2.45) is 0 Å². The number of imide groups is 1. The van der Waals surface area contributed by atoms with Crippen molar-refractivity contribution in [1.82, 2.24) is 5.32 Å². The van der Waals surface area contributed by atoms with Crippen LogP contribution in [-0.4, -0.2) is 11.9 Å². The lowest BCUT2D eigenvalue weighted by atomic mass is 10.1. The van der Waals surface area contributed by atoms with E-state index < -0.39 is 11.9 Å². The van der Waals surface area contributed by atoms with Gasteiger partial charge in [-0.25, -0.2) is 9.69 Å². The Morgan fingerprint density at radius 2 is 1.51 bits per heavy atom. The van der Waals surface area contributed by atoms with Crippen molar-refractivity contribution >= 4 is 69.3 Å². The van der Waals surface area contributed by atoms with Gasteiger partial charge < -0.3 is 10.1 Å². The third kappa shape index (κ3) is 4.84. The molecule has 1 heterocycles. The molecule has 1 N–H and O–H groups in total. The average molecular weight is 524 g/mol. The molecule has 0 atom stereocenters. The number of nitrogens with one attached hydrogen (secondary N) is 1. The van der Waals surface area contributed by atoms with Crippen LogP contribution in [0.2, 0.25) is 15.1 Å². The summed E-state index contributed by atoms with van der Waals surface area (Å²) >= 11 is 18.8. The van der Waals surface area contributed by atoms with Gasteiger partial charge in [-0.05, 0) is 70.4 Å². The third-order valence-electron chi connectivity index (χ3n) is 5.49. The van der Waals surface area contributed by atoms with Crippen LogP contribution >= 0.6 is 34.8 Å². The number of amides is 3. The molecule has 0 radical (unpaired) electrons. The topological polar surface area (TPSA) is 58.6 Å². The maximum absolute atomic E-state index is 12.8. The Morgan fingerprint density at radius 3 is 2.23 bits per heavy atom. The Bertz CT molecular complexity index is 1480. The van der Waals surface area contributed by atoms with E-state index in [4.69, 9.17) is 39.5 Å². The van der Waals surface area contributed by atoms with E-state index in [0.29, 0.717) is 22.0 Å². The zero-order chi connectivity index (χ0) is 24.5. The fourth-order valence-corrected chi connectivity index (χ4v) is 4.55. The second kappa shape index (κ2) is 9.62. The molecule has 0 bridgehead atoms. The minimum atomic E-state index is -0.559. The molecule has 1 saturated heterocycles. The molecule has 0 aliphatic carbocycles. The van der Waals surface area contributed by atoms with Gasteiger partial charge in [-0.15, -0.1) is 0 Å². The molecule has 4 aromatic carbocycles. The summed E-state index contributed by atoms with van der Waals surface area (Å²) in [6.45, 7) is 0.287. The summed E-state index contributed by atoms with van der Waals surface area (Å²) in [5, 5.41) is 5.92. The van der Waals surface area contributed by atoms with Crippen molar-refractivity contribution in [1.29, 1.82) is 0 Å². The third-order valence-corrected chi connectivity index (χ3v) is 6.31. The lowest BCUT2D eigenvalue weighted by Crippen LogP contribution is -2.30. The van der Waals surface area contributed by atoms with E-state index in [2.05, 4.69) is 11.4 Å². The zero-order valence-electron chi connectivity index (χ0n) is 18.1. The molecule has 35 heavy (non-hydrogen) atoms. The lowest BCUT2D eigenvalue weighted by Gasteiger charge is -2.12. The van der Waals surface area contributed by atoms with Crippen LogP contribution in [0.5, 0.6) is 5.75 Å². The molecule has 8 heteroatoms. The Hall–Kier alpha value is -3.51. The number of benzene rings is 4. The van der Waals surface area contributed by atoms with Crippen LogP contribution in [0.4, 0.5) is 10.5 Å². The van der Waals surface area contributed by atoms with E-state index in [9.17, 15) is 9.59 Å². The number of halogens is 3. The Labute approximate surface area is 216 Å². The first-order chi connectivity index (χ1) is 16.9.